The van der Waals surface area contributed by atoms with Crippen LogP contribution in [0.2, 0.25) is 30.5 Å². The third kappa shape index (κ3) is 13.9. The number of hydrogen-bond donors (Lipinski definition) is 0. The van der Waals surface area contributed by atoms with Crippen molar-refractivity contribution in [3.63, 3.8) is 0 Å². The SMILES string of the molecule is CCCC[CH](CCC)[Ge]([CH2]CCC)([CH2]CCC)[S][Ge]([CH2]CCC)([CH2]CCC)[CH](CCC)CCCC. The van der Waals surface area contributed by atoms with Crippen LogP contribution in [-0.4, -0.2) is 24.2 Å². The first kappa shape index (κ1) is 36.4. The Kier molecular flexibility index (Phi) is 24.3. The molecule has 0 aliphatic carbocycles. The summed E-state index contributed by atoms with van der Waals surface area (Å²) in [5, 5.41) is 6.81. The van der Waals surface area contributed by atoms with Crippen molar-refractivity contribution in [3.05, 3.63) is 0 Å². The summed E-state index contributed by atoms with van der Waals surface area (Å²) in [6.45, 7) is 19.8. The van der Waals surface area contributed by atoms with Gasteiger partial charge < -0.3 is 0 Å². The van der Waals surface area contributed by atoms with Crippen molar-refractivity contribution in [2.45, 2.75) is 201 Å². The first-order valence-electron chi connectivity index (χ1n) is 16.7. The van der Waals surface area contributed by atoms with E-state index in [1.165, 1.54) is 89.9 Å². The van der Waals surface area contributed by atoms with Crippen LogP contribution in [0.15, 0.2) is 0 Å². The van der Waals surface area contributed by atoms with E-state index in [9.17, 15) is 0 Å². The van der Waals surface area contributed by atoms with Crippen molar-refractivity contribution >= 4 is 32.7 Å². The molecule has 0 rings (SSSR count). The van der Waals surface area contributed by atoms with E-state index in [0.717, 1.165) is 9.50 Å². The molecule has 0 aliphatic rings. The van der Waals surface area contributed by atoms with E-state index < -0.39 is 24.2 Å². The van der Waals surface area contributed by atoms with Crippen LogP contribution >= 0.6 is 8.41 Å². The van der Waals surface area contributed by atoms with Crippen molar-refractivity contribution < 1.29 is 0 Å². The molecule has 0 nitrogen and oxygen atoms in total. The summed E-state index contributed by atoms with van der Waals surface area (Å²) in [6, 6.07) is 0. The Morgan fingerprint density at radius 3 is 0.886 bits per heavy atom. The van der Waals surface area contributed by atoms with Gasteiger partial charge in [-0.15, -0.1) is 0 Å². The van der Waals surface area contributed by atoms with Gasteiger partial charge in [0.25, 0.3) is 0 Å². The normalized spacial score (nSPS) is 14.4. The second kappa shape index (κ2) is 23.3. The molecule has 2 atom stereocenters. The van der Waals surface area contributed by atoms with Gasteiger partial charge in [-0.05, 0) is 0 Å². The van der Waals surface area contributed by atoms with E-state index in [4.69, 9.17) is 0 Å². The molecular formula is C32H70Ge2S. The van der Waals surface area contributed by atoms with Gasteiger partial charge in [-0.3, -0.25) is 0 Å². The van der Waals surface area contributed by atoms with Gasteiger partial charge in [0, 0.05) is 0 Å². The predicted molar refractivity (Wildman–Crippen MR) is 174 cm³/mol. The maximum atomic E-state index is 3.02. The van der Waals surface area contributed by atoms with Gasteiger partial charge >= 0.3 is 234 Å². The van der Waals surface area contributed by atoms with Crippen molar-refractivity contribution in [2.75, 3.05) is 0 Å². The zero-order valence-corrected chi connectivity index (χ0v) is 31.1. The molecule has 0 aromatic rings. The van der Waals surface area contributed by atoms with Crippen LogP contribution in [0, 0.1) is 0 Å². The van der Waals surface area contributed by atoms with Crippen molar-refractivity contribution in [2.24, 2.45) is 0 Å². The van der Waals surface area contributed by atoms with E-state index in [2.05, 4.69) is 63.8 Å². The molecule has 0 aromatic carbocycles. The minimum atomic E-state index is -2.08. The zero-order chi connectivity index (χ0) is 26.4. The van der Waals surface area contributed by atoms with Crippen molar-refractivity contribution in [3.8, 4) is 0 Å². The van der Waals surface area contributed by atoms with Crippen LogP contribution in [0.25, 0.3) is 0 Å². The molecule has 212 valence electrons. The molecule has 0 aromatic heterocycles. The molecule has 0 radical (unpaired) electrons. The first-order chi connectivity index (χ1) is 17.0. The fourth-order valence-corrected chi connectivity index (χ4v) is 93.1. The molecule has 0 aliphatic heterocycles. The summed E-state index contributed by atoms with van der Waals surface area (Å²) in [5.74, 6) is 0. The molecule has 0 saturated carbocycles. The Balaban J connectivity index is 6.73. The molecule has 3 heteroatoms. The van der Waals surface area contributed by atoms with Gasteiger partial charge in [0.15, 0.2) is 0 Å². The van der Waals surface area contributed by atoms with Gasteiger partial charge in [-0.1, -0.05) is 0 Å². The second-order valence-corrected chi connectivity index (χ2v) is 45.1. The molecule has 0 N–H and O–H groups in total. The summed E-state index contributed by atoms with van der Waals surface area (Å²) in [4.78, 5) is 0. The van der Waals surface area contributed by atoms with Gasteiger partial charge in [0.1, 0.15) is 0 Å². The maximum absolute atomic E-state index is 3.02. The first-order valence-corrected chi connectivity index (χ1v) is 31.0. The van der Waals surface area contributed by atoms with Gasteiger partial charge in [-0.25, -0.2) is 0 Å². The van der Waals surface area contributed by atoms with Crippen LogP contribution in [0.1, 0.15) is 171 Å². The fraction of sp³-hybridized carbons (Fsp3) is 1.00. The van der Waals surface area contributed by atoms with E-state index in [-0.39, 0.29) is 0 Å². The second-order valence-electron chi connectivity index (χ2n) is 11.9. The van der Waals surface area contributed by atoms with Crippen LogP contribution in [0.4, 0.5) is 0 Å². The quantitative estimate of drug-likeness (QED) is 0.0856. The molecule has 0 spiro atoms. The monoisotopic (exact) mass is 634 g/mol. The average molecular weight is 632 g/mol. The van der Waals surface area contributed by atoms with Crippen LogP contribution in [-0.2, 0) is 0 Å². The summed E-state index contributed by atoms with van der Waals surface area (Å²) in [6.07, 6.45) is 26.8. The Morgan fingerprint density at radius 1 is 0.371 bits per heavy atom. The van der Waals surface area contributed by atoms with Gasteiger partial charge in [0.05, 0.1) is 0 Å². The standard InChI is InChI=1S/C32H70Ge2S/c1-9-17-25-31(23-15-7)33(27-19-11-3,28-20-12-4)35-34(29-21-13-5,30-22-14-6)32(24-16-8)26-18-10-2/h31-32H,9-30H2,1-8H3. The Morgan fingerprint density at radius 2 is 0.657 bits per heavy atom. The fourth-order valence-electron chi connectivity index (χ4n) is 6.68. The van der Waals surface area contributed by atoms with E-state index >= 15 is 0 Å². The molecule has 0 heterocycles. The molecule has 0 fully saturated rings. The molecule has 35 heavy (non-hydrogen) atoms. The summed E-state index contributed by atoms with van der Waals surface area (Å²) >= 11 is -4.16. The predicted octanol–water partition coefficient (Wildman–Crippen LogP) is 13.5. The number of unbranched alkanes of at least 4 members (excludes halogenated alkanes) is 6. The average Bonchev–Trinajstić information content (AvgIpc) is 2.87. The Bertz CT molecular complexity index is 397. The Hall–Kier alpha value is 1.44. The number of hydrogen-bond acceptors (Lipinski definition) is 1. The number of rotatable bonds is 26. The summed E-state index contributed by atoms with van der Waals surface area (Å²) < 4.78 is 2.29. The molecule has 2 unspecified atom stereocenters. The third-order valence-electron chi connectivity index (χ3n) is 8.80. The molecule has 0 bridgehead atoms. The van der Waals surface area contributed by atoms with Gasteiger partial charge in [-0.2, -0.15) is 0 Å². The summed E-state index contributed by atoms with van der Waals surface area (Å²) in [7, 11) is 3.02. The Labute approximate surface area is 232 Å². The topological polar surface area (TPSA) is 0 Å². The van der Waals surface area contributed by atoms with E-state index in [1.54, 1.807) is 46.7 Å². The van der Waals surface area contributed by atoms with E-state index in [1.807, 2.05) is 0 Å². The third-order valence-corrected chi connectivity index (χ3v) is 67.8. The molecule has 0 saturated heterocycles. The zero-order valence-electron chi connectivity index (χ0n) is 26.1. The minimum absolute atomic E-state index is 1.14. The van der Waals surface area contributed by atoms with E-state index in [0.29, 0.717) is 0 Å². The molecular weight excluding hydrogens is 562 g/mol. The van der Waals surface area contributed by atoms with Crippen LogP contribution in [0.3, 0.4) is 0 Å². The van der Waals surface area contributed by atoms with Crippen molar-refractivity contribution in [1.82, 2.24) is 0 Å². The summed E-state index contributed by atoms with van der Waals surface area (Å²) in [5.41, 5.74) is 0. The van der Waals surface area contributed by atoms with Crippen molar-refractivity contribution in [1.29, 1.82) is 0 Å². The van der Waals surface area contributed by atoms with Crippen LogP contribution in [0.5, 0.6) is 0 Å². The molecule has 0 amide bonds. The van der Waals surface area contributed by atoms with Crippen LogP contribution < -0.4 is 0 Å². The van der Waals surface area contributed by atoms with Gasteiger partial charge in [0.2, 0.25) is 0 Å².